The Hall–Kier alpha value is -1.79. The molecule has 0 unspecified atom stereocenters. The number of esters is 1. The molecule has 18 heavy (non-hydrogen) atoms. The number of carbonyl (C=O) groups is 3. The van der Waals surface area contributed by atoms with Gasteiger partial charge in [0.1, 0.15) is 11.6 Å². The van der Waals surface area contributed by atoms with Gasteiger partial charge in [0.15, 0.2) is 0 Å². The molecule has 0 fully saturated rings. The van der Waals surface area contributed by atoms with Crippen LogP contribution in [0, 0.1) is 0 Å². The average Bonchev–Trinajstić information content (AvgIpc) is 2.20. The molecular weight excluding hydrogens is 242 g/mol. The largest absolute Gasteiger partial charge is 0.480 e. The summed E-state index contributed by atoms with van der Waals surface area (Å²) in [6.45, 7) is 4.99. The molecule has 2 N–H and O–H groups in total. The van der Waals surface area contributed by atoms with E-state index in [1.807, 2.05) is 0 Å². The molecule has 0 bridgehead atoms. The summed E-state index contributed by atoms with van der Waals surface area (Å²) in [5.74, 6) is -1.77. The van der Waals surface area contributed by atoms with Crippen molar-refractivity contribution in [3.63, 3.8) is 0 Å². The molecule has 0 heterocycles. The third-order valence-corrected chi connectivity index (χ3v) is 1.85. The number of carboxylic acids is 1. The second-order valence-electron chi connectivity index (χ2n) is 4.65. The van der Waals surface area contributed by atoms with E-state index < -0.39 is 29.7 Å². The zero-order chi connectivity index (χ0) is 14.3. The Balaban J connectivity index is 4.32. The summed E-state index contributed by atoms with van der Waals surface area (Å²) < 4.78 is 9.31. The van der Waals surface area contributed by atoms with Crippen LogP contribution < -0.4 is 5.32 Å². The minimum atomic E-state index is -1.23. The maximum atomic E-state index is 11.4. The number of hydrogen-bond acceptors (Lipinski definition) is 5. The Labute approximate surface area is 105 Å². The number of amides is 1. The van der Waals surface area contributed by atoms with Crippen molar-refractivity contribution < 1.29 is 29.0 Å². The molecule has 0 radical (unpaired) electrons. The van der Waals surface area contributed by atoms with Crippen LogP contribution in [0.4, 0.5) is 4.79 Å². The second-order valence-corrected chi connectivity index (χ2v) is 4.65. The van der Waals surface area contributed by atoms with Crippen LogP contribution in [0.1, 0.15) is 33.6 Å². The van der Waals surface area contributed by atoms with Gasteiger partial charge in [-0.3, -0.25) is 4.79 Å². The number of methoxy groups -OCH3 is 1. The SMILES string of the molecule is COC(=O)CC[C@@H](NC(=O)OC(C)(C)C)C(=O)O. The zero-order valence-corrected chi connectivity index (χ0v) is 11.0. The maximum Gasteiger partial charge on any atom is 0.408 e. The lowest BCUT2D eigenvalue weighted by Gasteiger charge is -2.21. The number of carbonyl (C=O) groups excluding carboxylic acids is 2. The summed E-state index contributed by atoms with van der Waals surface area (Å²) in [5, 5.41) is 11.1. The summed E-state index contributed by atoms with van der Waals surface area (Å²) in [6.07, 6.45) is -0.982. The lowest BCUT2D eigenvalue weighted by Crippen LogP contribution is -2.43. The van der Waals surface area contributed by atoms with Crippen LogP contribution in [0.3, 0.4) is 0 Å². The molecule has 1 amide bonds. The van der Waals surface area contributed by atoms with Crippen molar-refractivity contribution in [2.24, 2.45) is 0 Å². The number of carboxylic acid groups (broad SMARTS) is 1. The normalized spacial score (nSPS) is 12.4. The van der Waals surface area contributed by atoms with E-state index in [4.69, 9.17) is 9.84 Å². The quantitative estimate of drug-likeness (QED) is 0.713. The number of alkyl carbamates (subject to hydrolysis) is 1. The minimum absolute atomic E-state index is 0.0543. The second kappa shape index (κ2) is 6.83. The molecule has 7 heteroatoms. The highest BCUT2D eigenvalue weighted by Gasteiger charge is 2.24. The Morgan fingerprint density at radius 1 is 1.28 bits per heavy atom. The van der Waals surface area contributed by atoms with E-state index in [1.54, 1.807) is 20.8 Å². The standard InChI is InChI=1S/C11H19NO6/c1-11(2,3)18-10(16)12-7(9(14)15)5-6-8(13)17-4/h7H,5-6H2,1-4H3,(H,12,16)(H,14,15)/t7-/m1/s1. The number of nitrogens with one attached hydrogen (secondary N) is 1. The minimum Gasteiger partial charge on any atom is -0.480 e. The van der Waals surface area contributed by atoms with Gasteiger partial charge in [0.25, 0.3) is 0 Å². The van der Waals surface area contributed by atoms with Crippen LogP contribution >= 0.6 is 0 Å². The molecule has 0 spiro atoms. The first-order chi connectivity index (χ1) is 8.15. The molecule has 7 nitrogen and oxygen atoms in total. The van der Waals surface area contributed by atoms with Crippen molar-refractivity contribution in [1.82, 2.24) is 5.32 Å². The summed E-state index contributed by atoms with van der Waals surface area (Å²) in [4.78, 5) is 33.1. The van der Waals surface area contributed by atoms with Gasteiger partial charge >= 0.3 is 18.0 Å². The van der Waals surface area contributed by atoms with E-state index in [-0.39, 0.29) is 12.8 Å². The van der Waals surface area contributed by atoms with E-state index in [0.717, 1.165) is 0 Å². The Kier molecular flexibility index (Phi) is 6.15. The maximum absolute atomic E-state index is 11.4. The van der Waals surface area contributed by atoms with E-state index in [2.05, 4.69) is 10.1 Å². The lowest BCUT2D eigenvalue weighted by molar-refractivity contribution is -0.142. The van der Waals surface area contributed by atoms with E-state index in [9.17, 15) is 14.4 Å². The van der Waals surface area contributed by atoms with Gasteiger partial charge < -0.3 is 19.9 Å². The fourth-order valence-corrected chi connectivity index (χ4v) is 1.07. The zero-order valence-electron chi connectivity index (χ0n) is 11.0. The Morgan fingerprint density at radius 3 is 2.22 bits per heavy atom. The Morgan fingerprint density at radius 2 is 1.83 bits per heavy atom. The molecule has 0 aromatic carbocycles. The first-order valence-corrected chi connectivity index (χ1v) is 5.45. The summed E-state index contributed by atoms with van der Waals surface area (Å²) in [6, 6.07) is -1.18. The van der Waals surface area contributed by atoms with Crippen LogP contribution in [0.2, 0.25) is 0 Å². The van der Waals surface area contributed by atoms with Crippen molar-refractivity contribution in [1.29, 1.82) is 0 Å². The number of hydrogen-bond donors (Lipinski definition) is 2. The van der Waals surface area contributed by atoms with Crippen LogP contribution in [0.15, 0.2) is 0 Å². The molecule has 0 aromatic rings. The van der Waals surface area contributed by atoms with Crippen molar-refractivity contribution in [2.45, 2.75) is 45.3 Å². The predicted octanol–water partition coefficient (Wildman–Crippen LogP) is 0.917. The third kappa shape index (κ3) is 7.48. The molecular formula is C11H19NO6. The van der Waals surface area contributed by atoms with Gasteiger partial charge in [-0.25, -0.2) is 9.59 Å². The molecule has 0 aliphatic carbocycles. The Bertz CT molecular complexity index is 320. The van der Waals surface area contributed by atoms with Gasteiger partial charge in [-0.2, -0.15) is 0 Å². The number of rotatable bonds is 5. The molecule has 0 aliphatic heterocycles. The van der Waals surface area contributed by atoms with E-state index >= 15 is 0 Å². The fraction of sp³-hybridized carbons (Fsp3) is 0.727. The molecule has 0 rings (SSSR count). The smallest absolute Gasteiger partial charge is 0.408 e. The number of ether oxygens (including phenoxy) is 2. The first kappa shape index (κ1) is 16.2. The van der Waals surface area contributed by atoms with Crippen molar-refractivity contribution in [2.75, 3.05) is 7.11 Å². The van der Waals surface area contributed by atoms with E-state index in [1.165, 1.54) is 7.11 Å². The van der Waals surface area contributed by atoms with Gasteiger partial charge in [0.05, 0.1) is 7.11 Å². The van der Waals surface area contributed by atoms with Crippen LogP contribution in [-0.2, 0) is 19.1 Å². The van der Waals surface area contributed by atoms with Gasteiger partial charge in [-0.05, 0) is 27.2 Å². The van der Waals surface area contributed by atoms with Gasteiger partial charge in [0.2, 0.25) is 0 Å². The molecule has 0 aromatic heterocycles. The number of aliphatic carboxylic acids is 1. The fourth-order valence-electron chi connectivity index (χ4n) is 1.07. The van der Waals surface area contributed by atoms with Crippen LogP contribution in [-0.4, -0.2) is 41.9 Å². The highest BCUT2D eigenvalue weighted by molar-refractivity contribution is 5.80. The molecule has 104 valence electrons. The van der Waals surface area contributed by atoms with Crippen molar-refractivity contribution in [3.05, 3.63) is 0 Å². The molecule has 1 atom stereocenters. The van der Waals surface area contributed by atoms with Crippen LogP contribution in [0.5, 0.6) is 0 Å². The van der Waals surface area contributed by atoms with Crippen LogP contribution in [0.25, 0.3) is 0 Å². The average molecular weight is 261 g/mol. The van der Waals surface area contributed by atoms with Crippen molar-refractivity contribution in [3.8, 4) is 0 Å². The van der Waals surface area contributed by atoms with E-state index in [0.29, 0.717) is 0 Å². The van der Waals surface area contributed by atoms with Gasteiger partial charge in [-0.15, -0.1) is 0 Å². The van der Waals surface area contributed by atoms with Gasteiger partial charge in [0, 0.05) is 6.42 Å². The highest BCUT2D eigenvalue weighted by atomic mass is 16.6. The highest BCUT2D eigenvalue weighted by Crippen LogP contribution is 2.08. The summed E-state index contributed by atoms with van der Waals surface area (Å²) in [5.41, 5.74) is -0.713. The summed E-state index contributed by atoms with van der Waals surface area (Å²) >= 11 is 0. The molecule has 0 aliphatic rings. The first-order valence-electron chi connectivity index (χ1n) is 5.45. The third-order valence-electron chi connectivity index (χ3n) is 1.85. The summed E-state index contributed by atoms with van der Waals surface area (Å²) in [7, 11) is 1.21. The lowest BCUT2D eigenvalue weighted by atomic mass is 10.1. The van der Waals surface area contributed by atoms with Crippen molar-refractivity contribution >= 4 is 18.0 Å². The predicted molar refractivity (Wildman–Crippen MR) is 62.0 cm³/mol. The van der Waals surface area contributed by atoms with Gasteiger partial charge in [-0.1, -0.05) is 0 Å². The monoisotopic (exact) mass is 261 g/mol. The molecule has 0 saturated heterocycles. The topological polar surface area (TPSA) is 102 Å². The molecule has 0 saturated carbocycles.